The zero-order chi connectivity index (χ0) is 16.8. The Balaban J connectivity index is 1.74. The Kier molecular flexibility index (Phi) is 5.70. The number of nitro groups is 1. The van der Waals surface area contributed by atoms with Crippen LogP contribution in [0.2, 0.25) is 5.02 Å². The van der Waals surface area contributed by atoms with Crippen LogP contribution in [-0.4, -0.2) is 20.6 Å². The van der Waals surface area contributed by atoms with Crippen molar-refractivity contribution in [2.45, 2.75) is 32.9 Å². The van der Waals surface area contributed by atoms with Gasteiger partial charge in [0.1, 0.15) is 0 Å². The molecule has 0 saturated heterocycles. The lowest BCUT2D eigenvalue weighted by atomic mass is 10.2. The average Bonchev–Trinajstić information content (AvgIpc) is 2.88. The molecule has 1 N–H and O–H groups in total. The van der Waals surface area contributed by atoms with Crippen LogP contribution < -0.4 is 5.32 Å². The Morgan fingerprint density at radius 2 is 2.09 bits per heavy atom. The van der Waals surface area contributed by atoms with Crippen LogP contribution in [0.5, 0.6) is 0 Å². The molecule has 1 heterocycles. The Hall–Kier alpha value is -2.41. The molecule has 0 radical (unpaired) electrons. The summed E-state index contributed by atoms with van der Waals surface area (Å²) in [5.41, 5.74) is 1.68. The van der Waals surface area contributed by atoms with E-state index >= 15 is 0 Å². The normalized spacial score (nSPS) is 10.5. The van der Waals surface area contributed by atoms with Crippen molar-refractivity contribution < 1.29 is 9.72 Å². The number of carbonyl (C=O) groups excluding carboxylic acids is 1. The van der Waals surface area contributed by atoms with Gasteiger partial charge in [-0.3, -0.25) is 4.79 Å². The second kappa shape index (κ2) is 7.73. The second-order valence-corrected chi connectivity index (χ2v) is 5.57. The van der Waals surface area contributed by atoms with Crippen LogP contribution in [0.3, 0.4) is 0 Å². The summed E-state index contributed by atoms with van der Waals surface area (Å²) in [6.45, 7) is 2.66. The minimum Gasteiger partial charge on any atom is -0.358 e. The van der Waals surface area contributed by atoms with Crippen molar-refractivity contribution in [3.8, 4) is 0 Å². The van der Waals surface area contributed by atoms with E-state index in [9.17, 15) is 14.9 Å². The maximum Gasteiger partial charge on any atom is 0.390 e. The number of nitrogens with zero attached hydrogens (tertiary/aromatic N) is 3. The molecular formula is C15H17ClN4O3. The molecule has 1 aromatic carbocycles. The number of benzene rings is 1. The number of hydrogen-bond donors (Lipinski definition) is 1. The van der Waals surface area contributed by atoms with Crippen molar-refractivity contribution in [1.82, 2.24) is 15.1 Å². The van der Waals surface area contributed by atoms with Gasteiger partial charge in [-0.2, -0.15) is 4.68 Å². The van der Waals surface area contributed by atoms with Crippen LogP contribution in [0.25, 0.3) is 0 Å². The van der Waals surface area contributed by atoms with Crippen molar-refractivity contribution in [2.75, 3.05) is 0 Å². The fourth-order valence-corrected chi connectivity index (χ4v) is 2.21. The highest BCUT2D eigenvalue weighted by molar-refractivity contribution is 6.30. The van der Waals surface area contributed by atoms with E-state index in [1.165, 1.54) is 6.07 Å². The average molecular weight is 337 g/mol. The molecule has 2 aromatic rings. The van der Waals surface area contributed by atoms with Crippen molar-refractivity contribution in [2.24, 2.45) is 0 Å². The van der Waals surface area contributed by atoms with Gasteiger partial charge < -0.3 is 15.4 Å². The lowest BCUT2D eigenvalue weighted by molar-refractivity contribution is -0.389. The molecule has 0 saturated carbocycles. The summed E-state index contributed by atoms with van der Waals surface area (Å²) < 4.78 is 1.55. The van der Waals surface area contributed by atoms with Crippen molar-refractivity contribution in [3.05, 3.63) is 56.7 Å². The number of rotatable bonds is 7. The highest BCUT2D eigenvalue weighted by Gasteiger charge is 2.15. The fraction of sp³-hybridized carbons (Fsp3) is 0.333. The number of aryl methyl sites for hydroxylation is 2. The van der Waals surface area contributed by atoms with Crippen LogP contribution in [0, 0.1) is 17.0 Å². The molecule has 7 nitrogen and oxygen atoms in total. The molecule has 0 bridgehead atoms. The van der Waals surface area contributed by atoms with Gasteiger partial charge in [0, 0.05) is 18.0 Å². The first-order valence-corrected chi connectivity index (χ1v) is 7.53. The molecule has 1 aromatic heterocycles. The summed E-state index contributed by atoms with van der Waals surface area (Å²) in [6, 6.07) is 8.68. The highest BCUT2D eigenvalue weighted by Crippen LogP contribution is 2.12. The molecule has 2 rings (SSSR count). The highest BCUT2D eigenvalue weighted by atomic mass is 35.5. The zero-order valence-corrected chi connectivity index (χ0v) is 13.4. The maximum atomic E-state index is 11.8. The number of amides is 1. The van der Waals surface area contributed by atoms with Gasteiger partial charge in [-0.1, -0.05) is 23.7 Å². The molecule has 122 valence electrons. The van der Waals surface area contributed by atoms with Gasteiger partial charge in [0.25, 0.3) is 0 Å². The lowest BCUT2D eigenvalue weighted by Crippen LogP contribution is -2.22. The quantitative estimate of drug-likeness (QED) is 0.621. The third-order valence-electron chi connectivity index (χ3n) is 3.33. The Morgan fingerprint density at radius 1 is 1.39 bits per heavy atom. The number of carbonyl (C=O) groups is 1. The third-order valence-corrected chi connectivity index (χ3v) is 3.58. The summed E-state index contributed by atoms with van der Waals surface area (Å²) in [4.78, 5) is 21.9. The molecule has 1 amide bonds. The van der Waals surface area contributed by atoms with Gasteiger partial charge in [-0.15, -0.1) is 0 Å². The van der Waals surface area contributed by atoms with E-state index in [4.69, 9.17) is 11.6 Å². The van der Waals surface area contributed by atoms with Crippen molar-refractivity contribution in [1.29, 1.82) is 0 Å². The fourth-order valence-electron chi connectivity index (χ4n) is 2.09. The predicted octanol–water partition coefficient (Wildman–Crippen LogP) is 2.85. The molecule has 0 aliphatic carbocycles. The number of aromatic nitrogens is 2. The molecule has 23 heavy (non-hydrogen) atoms. The van der Waals surface area contributed by atoms with E-state index in [1.54, 1.807) is 23.7 Å². The third kappa shape index (κ3) is 5.07. The van der Waals surface area contributed by atoms with E-state index < -0.39 is 4.92 Å². The van der Waals surface area contributed by atoms with Crippen LogP contribution in [0.1, 0.15) is 24.1 Å². The monoisotopic (exact) mass is 336 g/mol. The molecule has 8 heteroatoms. The zero-order valence-electron chi connectivity index (χ0n) is 12.7. The van der Waals surface area contributed by atoms with Gasteiger partial charge in [-0.25, -0.2) is 0 Å². The minimum atomic E-state index is -0.525. The molecule has 0 unspecified atom stereocenters. The first kappa shape index (κ1) is 17.0. The second-order valence-electron chi connectivity index (χ2n) is 5.13. The topological polar surface area (TPSA) is 90.1 Å². The largest absolute Gasteiger partial charge is 0.390 e. The Labute approximate surface area is 138 Å². The molecular weight excluding hydrogens is 320 g/mol. The van der Waals surface area contributed by atoms with Gasteiger partial charge in [-0.05, 0) is 36.0 Å². The number of nitrogens with one attached hydrogen (secondary N) is 1. The van der Waals surface area contributed by atoms with Crippen LogP contribution in [0.15, 0.2) is 30.3 Å². The van der Waals surface area contributed by atoms with E-state index in [-0.39, 0.29) is 11.7 Å². The first-order chi connectivity index (χ1) is 11.0. The summed E-state index contributed by atoms with van der Waals surface area (Å²) >= 11 is 5.80. The van der Waals surface area contributed by atoms with E-state index in [0.29, 0.717) is 36.6 Å². The molecule has 0 aliphatic rings. The molecule has 0 fully saturated rings. The summed E-state index contributed by atoms with van der Waals surface area (Å²) in [5, 5.41) is 18.0. The summed E-state index contributed by atoms with van der Waals surface area (Å²) in [5.74, 6) is -0.242. The SMILES string of the molecule is Cc1cc([N+](=O)[O-])nn1CCCC(=O)NCc1ccc(Cl)cc1. The van der Waals surface area contributed by atoms with Crippen LogP contribution in [-0.2, 0) is 17.9 Å². The van der Waals surface area contributed by atoms with E-state index in [2.05, 4.69) is 10.4 Å². The Morgan fingerprint density at radius 3 is 2.70 bits per heavy atom. The van der Waals surface area contributed by atoms with Crippen molar-refractivity contribution in [3.63, 3.8) is 0 Å². The van der Waals surface area contributed by atoms with Crippen LogP contribution in [0.4, 0.5) is 5.82 Å². The van der Waals surface area contributed by atoms with Gasteiger partial charge in [0.2, 0.25) is 5.91 Å². The van der Waals surface area contributed by atoms with E-state index in [1.807, 2.05) is 12.1 Å². The van der Waals surface area contributed by atoms with Crippen LogP contribution >= 0.6 is 11.6 Å². The smallest absolute Gasteiger partial charge is 0.358 e. The van der Waals surface area contributed by atoms with E-state index in [0.717, 1.165) is 5.56 Å². The van der Waals surface area contributed by atoms with Crippen molar-refractivity contribution >= 4 is 23.3 Å². The standard InChI is InChI=1S/C15H17ClN4O3/c1-11-9-14(20(22)23)18-19(11)8-2-3-15(21)17-10-12-4-6-13(16)7-5-12/h4-7,9H,2-3,8,10H2,1H3,(H,17,21). The van der Waals surface area contributed by atoms with Gasteiger partial charge >= 0.3 is 5.82 Å². The molecule has 0 aliphatic heterocycles. The minimum absolute atomic E-state index is 0.0701. The first-order valence-electron chi connectivity index (χ1n) is 7.15. The van der Waals surface area contributed by atoms with Gasteiger partial charge in [0.05, 0.1) is 23.4 Å². The molecule has 0 atom stereocenters. The Bertz CT molecular complexity index is 697. The van der Waals surface area contributed by atoms with Gasteiger partial charge in [0.15, 0.2) is 0 Å². The number of hydrogen-bond acceptors (Lipinski definition) is 4. The maximum absolute atomic E-state index is 11.8. The summed E-state index contributed by atoms with van der Waals surface area (Å²) in [6.07, 6.45) is 0.896. The lowest BCUT2D eigenvalue weighted by Gasteiger charge is -2.05. The molecule has 0 spiro atoms. The predicted molar refractivity (Wildman–Crippen MR) is 86.2 cm³/mol. The summed E-state index contributed by atoms with van der Waals surface area (Å²) in [7, 11) is 0. The number of halogens is 1.